The average Bonchev–Trinajstić information content (AvgIpc) is 2.30. The number of benzene rings is 1. The van der Waals surface area contributed by atoms with Crippen LogP contribution in [0.1, 0.15) is 45.2 Å². The third-order valence-electron chi connectivity index (χ3n) is 4.40. The minimum absolute atomic E-state index is 0.0588. The molecule has 0 aliphatic heterocycles. The lowest BCUT2D eigenvalue weighted by Crippen LogP contribution is -2.44. The molecule has 0 atom stereocenters. The second-order valence-electron chi connectivity index (χ2n) is 7.28. The summed E-state index contributed by atoms with van der Waals surface area (Å²) >= 11 is 0. The first-order valence-corrected chi connectivity index (χ1v) is 11.9. The van der Waals surface area contributed by atoms with Gasteiger partial charge in [0, 0.05) is 0 Å². The van der Waals surface area contributed by atoms with Crippen LogP contribution in [-0.2, 0) is 16.5 Å². The van der Waals surface area contributed by atoms with Gasteiger partial charge in [-0.05, 0) is 48.7 Å². The molecule has 1 rings (SSSR count). The highest BCUT2D eigenvalue weighted by Gasteiger charge is 2.40. The third-order valence-corrected chi connectivity index (χ3v) is 9.60. The molecule has 1 aromatic rings. The third kappa shape index (κ3) is 4.11. The number of hydrogen-bond donors (Lipinski definition) is 1. The summed E-state index contributed by atoms with van der Waals surface area (Å²) in [5, 5.41) is -0.0588. The van der Waals surface area contributed by atoms with E-state index in [4.69, 9.17) is 4.43 Å². The molecule has 0 amide bonds. The Morgan fingerprint density at radius 2 is 1.77 bits per heavy atom. The van der Waals surface area contributed by atoms with Crippen LogP contribution in [0.25, 0.3) is 0 Å². The molecule has 0 aromatic heterocycles. The van der Waals surface area contributed by atoms with Crippen LogP contribution in [0.3, 0.4) is 0 Å². The summed E-state index contributed by atoms with van der Waals surface area (Å²) in [5.74, 6) is 0.343. The van der Waals surface area contributed by atoms with Gasteiger partial charge in [0.2, 0.25) is 0 Å². The van der Waals surface area contributed by atoms with E-state index in [1.807, 2.05) is 13.8 Å². The molecule has 0 saturated carbocycles. The number of rotatable bonds is 5. The minimum Gasteiger partial charge on any atom is -0.542 e. The summed E-state index contributed by atoms with van der Waals surface area (Å²) in [4.78, 5) is -0.119. The monoisotopic (exact) mass is 344 g/mol. The maximum Gasteiger partial charge on any atom is 0.298 e. The molecule has 0 radical (unpaired) electrons. The van der Waals surface area contributed by atoms with Crippen molar-refractivity contribution in [3.63, 3.8) is 0 Å². The Hall–Kier alpha value is -0.853. The molecule has 0 fully saturated rings. The van der Waals surface area contributed by atoms with E-state index in [9.17, 15) is 13.0 Å². The van der Waals surface area contributed by atoms with Gasteiger partial charge in [-0.1, -0.05) is 40.2 Å². The van der Waals surface area contributed by atoms with Gasteiger partial charge in [-0.2, -0.15) is 8.42 Å². The zero-order valence-corrected chi connectivity index (χ0v) is 16.5. The van der Waals surface area contributed by atoms with E-state index >= 15 is 0 Å². The molecular weight excluding hydrogens is 316 g/mol. The Morgan fingerprint density at radius 1 is 1.23 bits per heavy atom. The SMILES string of the molecule is CCCc1c(C)ccc(S(=O)(=O)O)c1O[Si](C)(C)C(C)(C)C. The van der Waals surface area contributed by atoms with Gasteiger partial charge in [0.15, 0.2) is 0 Å². The number of hydrogen-bond acceptors (Lipinski definition) is 3. The second kappa shape index (κ2) is 6.33. The van der Waals surface area contributed by atoms with Crippen molar-refractivity contribution < 1.29 is 17.4 Å². The molecule has 4 nitrogen and oxygen atoms in total. The Kier molecular flexibility index (Phi) is 5.53. The second-order valence-corrected chi connectivity index (χ2v) is 13.4. The van der Waals surface area contributed by atoms with E-state index in [1.165, 1.54) is 6.07 Å². The molecule has 1 aromatic carbocycles. The van der Waals surface area contributed by atoms with Gasteiger partial charge in [0.1, 0.15) is 10.6 Å². The fraction of sp³-hybridized carbons (Fsp3) is 0.625. The van der Waals surface area contributed by atoms with Crippen LogP contribution in [0.15, 0.2) is 17.0 Å². The van der Waals surface area contributed by atoms with Crippen LogP contribution in [0.4, 0.5) is 0 Å². The molecule has 1 N–H and O–H groups in total. The zero-order valence-electron chi connectivity index (χ0n) is 14.6. The van der Waals surface area contributed by atoms with Crippen LogP contribution < -0.4 is 4.43 Å². The van der Waals surface area contributed by atoms with E-state index in [-0.39, 0.29) is 9.93 Å². The van der Waals surface area contributed by atoms with Crippen molar-refractivity contribution in [2.24, 2.45) is 0 Å². The quantitative estimate of drug-likeness (QED) is 0.627. The van der Waals surface area contributed by atoms with Gasteiger partial charge in [-0.15, -0.1) is 0 Å². The fourth-order valence-electron chi connectivity index (χ4n) is 1.99. The highest BCUT2D eigenvalue weighted by molar-refractivity contribution is 7.86. The number of aryl methyl sites for hydroxylation is 1. The summed E-state index contributed by atoms with van der Waals surface area (Å²) in [6.07, 6.45) is 1.60. The summed E-state index contributed by atoms with van der Waals surface area (Å²) < 4.78 is 39.3. The van der Waals surface area contributed by atoms with Crippen molar-refractivity contribution in [1.82, 2.24) is 0 Å². The van der Waals surface area contributed by atoms with Crippen molar-refractivity contribution in [1.29, 1.82) is 0 Å². The largest absolute Gasteiger partial charge is 0.542 e. The first kappa shape index (κ1) is 19.2. The molecule has 0 unspecified atom stereocenters. The lowest BCUT2D eigenvalue weighted by molar-refractivity contribution is 0.455. The van der Waals surface area contributed by atoms with E-state index in [0.717, 1.165) is 24.0 Å². The molecule has 0 spiro atoms. The van der Waals surface area contributed by atoms with Crippen LogP contribution in [0.5, 0.6) is 5.75 Å². The highest BCUT2D eigenvalue weighted by Crippen LogP contribution is 2.41. The lowest BCUT2D eigenvalue weighted by Gasteiger charge is -2.37. The van der Waals surface area contributed by atoms with E-state index in [0.29, 0.717) is 5.75 Å². The molecule has 126 valence electrons. The molecule has 0 aliphatic rings. The molecule has 0 aliphatic carbocycles. The minimum atomic E-state index is -4.31. The van der Waals surface area contributed by atoms with E-state index < -0.39 is 18.4 Å². The molecule has 0 saturated heterocycles. The van der Waals surface area contributed by atoms with Crippen LogP contribution in [0.2, 0.25) is 18.1 Å². The summed E-state index contributed by atoms with van der Waals surface area (Å²) in [7, 11) is -6.53. The highest BCUT2D eigenvalue weighted by atomic mass is 32.2. The van der Waals surface area contributed by atoms with E-state index in [1.54, 1.807) is 6.07 Å². The van der Waals surface area contributed by atoms with Gasteiger partial charge in [0.25, 0.3) is 18.4 Å². The Bertz CT molecular complexity index is 643. The molecule has 0 bridgehead atoms. The average molecular weight is 345 g/mol. The molecule has 22 heavy (non-hydrogen) atoms. The van der Waals surface area contributed by atoms with Gasteiger partial charge in [0.05, 0.1) is 0 Å². The summed E-state index contributed by atoms with van der Waals surface area (Å²) in [5.41, 5.74) is 1.87. The van der Waals surface area contributed by atoms with Crippen LogP contribution in [-0.4, -0.2) is 21.3 Å². The predicted molar refractivity (Wildman–Crippen MR) is 92.8 cm³/mol. The topological polar surface area (TPSA) is 63.6 Å². The summed E-state index contributed by atoms with van der Waals surface area (Å²) in [6, 6.07) is 3.17. The Morgan fingerprint density at radius 3 is 2.18 bits per heavy atom. The zero-order chi connectivity index (χ0) is 17.3. The van der Waals surface area contributed by atoms with Crippen LogP contribution in [0, 0.1) is 6.92 Å². The lowest BCUT2D eigenvalue weighted by atomic mass is 10.0. The first-order chi connectivity index (χ1) is 9.81. The van der Waals surface area contributed by atoms with Crippen LogP contribution >= 0.6 is 0 Å². The predicted octanol–water partition coefficient (Wildman–Crippen LogP) is 4.58. The molecule has 0 heterocycles. The molecule has 6 heteroatoms. The molecular formula is C16H28O4SSi. The smallest absolute Gasteiger partial charge is 0.298 e. The Labute approximate surface area is 135 Å². The summed E-state index contributed by atoms with van der Waals surface area (Å²) in [6.45, 7) is 14.4. The normalized spacial score (nSPS) is 13.3. The maximum absolute atomic E-state index is 11.7. The maximum atomic E-state index is 11.7. The van der Waals surface area contributed by atoms with Crippen molar-refractivity contribution in [3.05, 3.63) is 23.3 Å². The standard InChI is InChI=1S/C16H28O4SSi/c1-8-9-13-12(2)10-11-14(21(17,18)19)15(13)20-22(6,7)16(3,4)5/h10-11H,8-9H2,1-7H3,(H,17,18,19). The van der Waals surface area contributed by atoms with Crippen molar-refractivity contribution in [2.45, 2.75) is 70.5 Å². The van der Waals surface area contributed by atoms with Gasteiger partial charge in [-0.3, -0.25) is 4.55 Å². The fourth-order valence-corrected chi connectivity index (χ4v) is 3.75. The first-order valence-electron chi connectivity index (χ1n) is 7.60. The van der Waals surface area contributed by atoms with Gasteiger partial charge < -0.3 is 4.43 Å². The van der Waals surface area contributed by atoms with Crippen molar-refractivity contribution >= 4 is 18.4 Å². The van der Waals surface area contributed by atoms with Gasteiger partial charge in [-0.25, -0.2) is 0 Å². The van der Waals surface area contributed by atoms with E-state index in [2.05, 4.69) is 33.9 Å². The van der Waals surface area contributed by atoms with Crippen molar-refractivity contribution in [3.8, 4) is 5.75 Å². The van der Waals surface area contributed by atoms with Crippen molar-refractivity contribution in [2.75, 3.05) is 0 Å². The van der Waals surface area contributed by atoms with Gasteiger partial charge >= 0.3 is 0 Å². The Balaban J connectivity index is 3.58.